The van der Waals surface area contributed by atoms with Gasteiger partial charge < -0.3 is 9.64 Å². The minimum absolute atomic E-state index is 0.0301. The van der Waals surface area contributed by atoms with Crippen LogP contribution < -0.4 is 5.43 Å². The Labute approximate surface area is 182 Å². The van der Waals surface area contributed by atoms with Crippen molar-refractivity contribution in [2.75, 3.05) is 19.7 Å². The van der Waals surface area contributed by atoms with Crippen LogP contribution in [0.3, 0.4) is 0 Å². The van der Waals surface area contributed by atoms with Crippen molar-refractivity contribution in [2.24, 2.45) is 5.92 Å². The number of aromatic nitrogens is 2. The van der Waals surface area contributed by atoms with E-state index in [9.17, 15) is 27.6 Å². The lowest BCUT2D eigenvalue weighted by atomic mass is 10.1. The van der Waals surface area contributed by atoms with Gasteiger partial charge in [0.15, 0.2) is 5.69 Å². The molecule has 1 aliphatic carbocycles. The van der Waals surface area contributed by atoms with Crippen LogP contribution in [0.15, 0.2) is 35.1 Å². The van der Waals surface area contributed by atoms with Gasteiger partial charge in [-0.1, -0.05) is 12.1 Å². The van der Waals surface area contributed by atoms with Gasteiger partial charge in [-0.3, -0.25) is 14.4 Å². The molecule has 1 fully saturated rings. The van der Waals surface area contributed by atoms with Gasteiger partial charge in [0.25, 0.3) is 5.91 Å². The predicted molar refractivity (Wildman–Crippen MR) is 109 cm³/mol. The molecule has 0 unspecified atom stereocenters. The molecule has 0 bridgehead atoms. The number of carbonyl (C=O) groups excluding carboxylic acids is 2. The summed E-state index contributed by atoms with van der Waals surface area (Å²) in [6, 6.07) is 5.90. The lowest BCUT2D eigenvalue weighted by Crippen LogP contribution is -2.39. The van der Waals surface area contributed by atoms with Gasteiger partial charge in [-0.2, -0.15) is 18.3 Å². The third kappa shape index (κ3) is 5.54. The molecular weight excluding hydrogens is 427 g/mol. The lowest BCUT2D eigenvalue weighted by molar-refractivity contribution is -0.143. The number of amides is 1. The number of aryl methyl sites for hydroxylation is 1. The maximum absolute atomic E-state index is 13.5. The maximum atomic E-state index is 13.5. The lowest BCUT2D eigenvalue weighted by Gasteiger charge is -2.22. The van der Waals surface area contributed by atoms with Gasteiger partial charge in [-0.15, -0.1) is 0 Å². The van der Waals surface area contributed by atoms with E-state index >= 15 is 0 Å². The first-order valence-corrected chi connectivity index (χ1v) is 10.3. The number of hydrogen-bond donors (Lipinski definition) is 0. The number of carbonyl (C=O) groups is 2. The Balaban J connectivity index is 1.97. The summed E-state index contributed by atoms with van der Waals surface area (Å²) in [6.07, 6.45) is -2.85. The van der Waals surface area contributed by atoms with Crippen molar-refractivity contribution in [1.82, 2.24) is 14.7 Å². The summed E-state index contributed by atoms with van der Waals surface area (Å²) in [5.41, 5.74) is -2.24. The first-order chi connectivity index (χ1) is 15.1. The largest absolute Gasteiger partial charge is 0.466 e. The Morgan fingerprint density at radius 2 is 1.94 bits per heavy atom. The van der Waals surface area contributed by atoms with Gasteiger partial charge >= 0.3 is 12.1 Å². The molecule has 1 amide bonds. The quantitative estimate of drug-likeness (QED) is 0.575. The van der Waals surface area contributed by atoms with Crippen molar-refractivity contribution in [3.8, 4) is 5.69 Å². The van der Waals surface area contributed by atoms with E-state index < -0.39 is 34.7 Å². The molecule has 0 radical (unpaired) electrons. The number of rotatable bonds is 8. The third-order valence-corrected chi connectivity index (χ3v) is 5.10. The topological polar surface area (TPSA) is 81.5 Å². The molecule has 1 aliphatic rings. The summed E-state index contributed by atoms with van der Waals surface area (Å²) in [5.74, 6) is -0.932. The molecule has 0 atom stereocenters. The van der Waals surface area contributed by atoms with Crippen molar-refractivity contribution in [3.63, 3.8) is 0 Å². The molecule has 1 aromatic carbocycles. The molecule has 0 aliphatic heterocycles. The first-order valence-electron chi connectivity index (χ1n) is 10.3. The molecule has 1 heterocycles. The predicted octanol–water partition coefficient (Wildman–Crippen LogP) is 3.37. The van der Waals surface area contributed by atoms with Gasteiger partial charge in [0.1, 0.15) is 0 Å². The summed E-state index contributed by atoms with van der Waals surface area (Å²) in [7, 11) is 0. The second-order valence-corrected chi connectivity index (χ2v) is 7.67. The number of para-hydroxylation sites is 1. The highest BCUT2D eigenvalue weighted by atomic mass is 19.4. The van der Waals surface area contributed by atoms with E-state index in [1.54, 1.807) is 6.92 Å². The van der Waals surface area contributed by atoms with Gasteiger partial charge in [-0.05, 0) is 44.7 Å². The average Bonchev–Trinajstić information content (AvgIpc) is 3.54. The van der Waals surface area contributed by atoms with Crippen LogP contribution in [-0.2, 0) is 15.7 Å². The van der Waals surface area contributed by atoms with Crippen molar-refractivity contribution < 1.29 is 27.5 Å². The van der Waals surface area contributed by atoms with E-state index in [0.717, 1.165) is 29.7 Å². The van der Waals surface area contributed by atoms with E-state index in [1.807, 2.05) is 0 Å². The Morgan fingerprint density at radius 3 is 2.56 bits per heavy atom. The van der Waals surface area contributed by atoms with Crippen LogP contribution in [0.1, 0.15) is 47.9 Å². The Hall–Kier alpha value is -3.17. The van der Waals surface area contributed by atoms with Crippen LogP contribution in [0.4, 0.5) is 13.2 Å². The highest BCUT2D eigenvalue weighted by Crippen LogP contribution is 2.34. The van der Waals surface area contributed by atoms with Gasteiger partial charge in [-0.25, -0.2) is 4.68 Å². The normalized spacial score (nSPS) is 13.7. The van der Waals surface area contributed by atoms with Crippen molar-refractivity contribution in [2.45, 2.75) is 39.3 Å². The van der Waals surface area contributed by atoms with E-state index in [4.69, 9.17) is 4.74 Å². The third-order valence-electron chi connectivity index (χ3n) is 5.10. The molecule has 172 valence electrons. The van der Waals surface area contributed by atoms with Crippen molar-refractivity contribution in [3.05, 3.63) is 57.5 Å². The smallest absolute Gasteiger partial charge is 0.418 e. The fraction of sp³-hybridized carbons (Fsp3) is 0.455. The Bertz CT molecular complexity index is 1060. The summed E-state index contributed by atoms with van der Waals surface area (Å²) in [4.78, 5) is 38.8. The van der Waals surface area contributed by atoms with Crippen LogP contribution in [-0.4, -0.2) is 46.3 Å². The minimum atomic E-state index is -4.64. The van der Waals surface area contributed by atoms with Crippen LogP contribution in [0, 0.1) is 12.8 Å². The number of hydrogen-bond acceptors (Lipinski definition) is 5. The summed E-state index contributed by atoms with van der Waals surface area (Å²) in [5, 5.41) is 4.02. The molecule has 32 heavy (non-hydrogen) atoms. The number of benzene rings is 1. The maximum Gasteiger partial charge on any atom is 0.418 e. The number of esters is 1. The second-order valence-electron chi connectivity index (χ2n) is 7.67. The van der Waals surface area contributed by atoms with E-state index in [-0.39, 0.29) is 36.9 Å². The fourth-order valence-corrected chi connectivity index (χ4v) is 3.33. The average molecular weight is 451 g/mol. The molecule has 7 nitrogen and oxygen atoms in total. The van der Waals surface area contributed by atoms with Crippen LogP contribution >= 0.6 is 0 Å². The van der Waals surface area contributed by atoms with E-state index in [2.05, 4.69) is 5.10 Å². The van der Waals surface area contributed by atoms with Crippen LogP contribution in [0.2, 0.25) is 0 Å². The number of halogens is 3. The molecule has 3 rings (SSSR count). The molecule has 0 N–H and O–H groups in total. The molecule has 1 aromatic heterocycles. The zero-order chi connectivity index (χ0) is 23.5. The summed E-state index contributed by atoms with van der Waals surface area (Å²) >= 11 is 0. The van der Waals surface area contributed by atoms with E-state index in [0.29, 0.717) is 6.54 Å². The van der Waals surface area contributed by atoms with Gasteiger partial charge in [0, 0.05) is 24.8 Å². The van der Waals surface area contributed by atoms with Crippen LogP contribution in [0.25, 0.3) is 5.69 Å². The van der Waals surface area contributed by atoms with E-state index in [1.165, 1.54) is 30.0 Å². The molecular formula is C22H24F3N3O4. The Kier molecular flexibility index (Phi) is 7.00. The Morgan fingerprint density at radius 1 is 1.25 bits per heavy atom. The first kappa shape index (κ1) is 23.5. The molecule has 10 heteroatoms. The summed E-state index contributed by atoms with van der Waals surface area (Å²) in [6.45, 7) is 3.69. The number of ether oxygens (including phenoxy) is 1. The molecule has 2 aromatic rings. The number of nitrogens with zero attached hydrogens (tertiary/aromatic N) is 3. The SMILES string of the molecule is CCOC(=O)CCN(CC1CC1)C(=O)c1nn(-c2ccccc2C(F)(F)F)c(C)cc1=O. The molecule has 0 saturated heterocycles. The highest BCUT2D eigenvalue weighted by molar-refractivity contribution is 5.92. The van der Waals surface area contributed by atoms with Crippen LogP contribution in [0.5, 0.6) is 0 Å². The van der Waals surface area contributed by atoms with Crippen molar-refractivity contribution >= 4 is 11.9 Å². The number of alkyl halides is 3. The zero-order valence-electron chi connectivity index (χ0n) is 17.8. The van der Waals surface area contributed by atoms with Gasteiger partial charge in [0.2, 0.25) is 5.43 Å². The van der Waals surface area contributed by atoms with Crippen molar-refractivity contribution in [1.29, 1.82) is 0 Å². The fourth-order valence-electron chi connectivity index (χ4n) is 3.33. The molecule has 0 spiro atoms. The standard InChI is InChI=1S/C22H24F3N3O4/c1-3-32-19(30)10-11-27(13-15-8-9-15)21(31)20-18(29)12-14(2)28(26-20)17-7-5-4-6-16(17)22(23,24)25/h4-7,12,15H,3,8-11,13H2,1-2H3. The molecule has 1 saturated carbocycles. The minimum Gasteiger partial charge on any atom is -0.466 e. The summed E-state index contributed by atoms with van der Waals surface area (Å²) < 4.78 is 46.4. The zero-order valence-corrected chi connectivity index (χ0v) is 17.8. The highest BCUT2D eigenvalue weighted by Gasteiger charge is 2.35. The second kappa shape index (κ2) is 9.54. The monoisotopic (exact) mass is 451 g/mol. The van der Waals surface area contributed by atoms with Gasteiger partial charge in [0.05, 0.1) is 24.3 Å².